The minimum Gasteiger partial charge on any atom is -0.493 e. The summed E-state index contributed by atoms with van der Waals surface area (Å²) in [5.41, 5.74) is 2.03. The van der Waals surface area contributed by atoms with Crippen molar-refractivity contribution in [2.24, 2.45) is 0 Å². The van der Waals surface area contributed by atoms with Crippen LogP contribution in [-0.2, 0) is 35.0 Å². The van der Waals surface area contributed by atoms with Crippen LogP contribution in [0.2, 0.25) is 0 Å². The van der Waals surface area contributed by atoms with Gasteiger partial charge in [-0.25, -0.2) is 18.3 Å². The Kier molecular flexibility index (Phi) is 14.0. The maximum absolute atomic E-state index is 13.6. The summed E-state index contributed by atoms with van der Waals surface area (Å²) < 4.78 is 65.4. The normalized spacial score (nSPS) is 15.1. The van der Waals surface area contributed by atoms with Crippen molar-refractivity contribution >= 4 is 66.3 Å². The van der Waals surface area contributed by atoms with Gasteiger partial charge in [-0.05, 0) is 36.2 Å². The predicted molar refractivity (Wildman–Crippen MR) is 201 cm³/mol. The lowest BCUT2D eigenvalue weighted by molar-refractivity contribution is -0.160. The molecule has 4 aromatic rings. The molecule has 3 N–H and O–H groups in total. The zero-order valence-electron chi connectivity index (χ0n) is 28.3. The molecule has 1 aliphatic rings. The summed E-state index contributed by atoms with van der Waals surface area (Å²) in [7, 11) is -5.88. The molecule has 0 radical (unpaired) electrons. The van der Waals surface area contributed by atoms with E-state index in [1.807, 2.05) is 18.2 Å². The highest BCUT2D eigenvalue weighted by Gasteiger charge is 2.26. The maximum atomic E-state index is 13.6. The number of fused-ring (bicyclic) bond motifs is 1. The van der Waals surface area contributed by atoms with E-state index in [4.69, 9.17) is 9.07 Å². The number of anilines is 1. The van der Waals surface area contributed by atoms with E-state index in [0.717, 1.165) is 23.4 Å². The third-order valence-corrected chi connectivity index (χ3v) is 12.5. The number of carbonyl (C=O) groups is 1. The van der Waals surface area contributed by atoms with E-state index in [0.29, 0.717) is 74.7 Å². The third-order valence-electron chi connectivity index (χ3n) is 7.94. The van der Waals surface area contributed by atoms with Crippen molar-refractivity contribution in [2.45, 2.75) is 22.4 Å². The van der Waals surface area contributed by atoms with Crippen molar-refractivity contribution in [3.63, 3.8) is 0 Å². The quantitative estimate of drug-likeness (QED) is 0.0543. The van der Waals surface area contributed by atoms with Gasteiger partial charge >= 0.3 is 0 Å². The molecule has 51 heavy (non-hydrogen) atoms. The van der Waals surface area contributed by atoms with Gasteiger partial charge in [-0.3, -0.25) is 14.4 Å². The van der Waals surface area contributed by atoms with Gasteiger partial charge in [0.2, 0.25) is 10.0 Å². The summed E-state index contributed by atoms with van der Waals surface area (Å²) in [6, 6.07) is 19.7. The molecule has 2 aromatic heterocycles. The van der Waals surface area contributed by atoms with Crippen molar-refractivity contribution in [1.82, 2.24) is 24.5 Å². The molecule has 0 spiro atoms. The number of carbonyl (C=O) groups excluding carboxylic acids is 1. The van der Waals surface area contributed by atoms with Crippen molar-refractivity contribution in [3.05, 3.63) is 84.2 Å². The molecule has 5 rings (SSSR count). The zero-order chi connectivity index (χ0) is 36.3. The van der Waals surface area contributed by atoms with E-state index in [9.17, 15) is 21.6 Å². The molecule has 1 unspecified atom stereocenters. The highest BCUT2D eigenvalue weighted by Crippen LogP contribution is 2.32. The third kappa shape index (κ3) is 11.6. The molecule has 0 bridgehead atoms. The van der Waals surface area contributed by atoms with Crippen molar-refractivity contribution in [1.29, 1.82) is 0 Å². The van der Waals surface area contributed by atoms with Crippen LogP contribution >= 0.6 is 23.8 Å². The van der Waals surface area contributed by atoms with E-state index in [2.05, 4.69) is 41.9 Å². The number of amides is 1. The summed E-state index contributed by atoms with van der Waals surface area (Å²) in [6.07, 6.45) is 3.26. The summed E-state index contributed by atoms with van der Waals surface area (Å²) in [5, 5.41) is 3.49. The molecule has 1 saturated heterocycles. The average molecular weight is 779 g/mol. The van der Waals surface area contributed by atoms with Gasteiger partial charge in [-0.1, -0.05) is 36.4 Å². The van der Waals surface area contributed by atoms with Crippen LogP contribution in [-0.4, -0.2) is 112 Å². The topological polar surface area (TPSA) is 172 Å². The Morgan fingerprint density at radius 1 is 1.02 bits per heavy atom. The molecule has 1 atom stereocenters. The molecule has 276 valence electrons. The van der Waals surface area contributed by atoms with Gasteiger partial charge in [0.15, 0.2) is 5.03 Å². The van der Waals surface area contributed by atoms with Crippen LogP contribution in [0.25, 0.3) is 10.9 Å². The molecule has 2 aromatic carbocycles. The van der Waals surface area contributed by atoms with Crippen molar-refractivity contribution in [3.8, 4) is 5.75 Å². The fourth-order valence-electron chi connectivity index (χ4n) is 5.39. The standard InChI is InChI=1S/C33H42N6O8S4/c1-45-47-49-18-8-17-46-27-19-26-20-30(36-32(26)29(21-27)37-51(43,44)31-11-6-7-12-34-31)33(40)35-22-28(48-24-25-9-4-3-5-10-25)23-38-13-15-39(16-14-38)50(2,41)42/h3-7,9-12,19-21,28,36-37H,8,13-18,22-24H2,1-2H3,(H,35,40). The summed E-state index contributed by atoms with van der Waals surface area (Å²) in [5.74, 6) is 1.43. The Hall–Kier alpha value is -3.36. The smallest absolute Gasteiger partial charge is 0.279 e. The van der Waals surface area contributed by atoms with Crippen LogP contribution in [0.4, 0.5) is 5.69 Å². The Labute approximate surface area is 307 Å². The molecule has 1 aliphatic heterocycles. The van der Waals surface area contributed by atoms with Gasteiger partial charge < -0.3 is 15.0 Å². The van der Waals surface area contributed by atoms with Crippen molar-refractivity contribution < 1.29 is 35.6 Å². The molecular formula is C33H42N6O8S4. The number of pyridine rings is 1. The fourth-order valence-corrected chi connectivity index (χ4v) is 8.77. The lowest BCUT2D eigenvalue weighted by Gasteiger charge is -2.35. The first-order valence-electron chi connectivity index (χ1n) is 16.2. The van der Waals surface area contributed by atoms with Crippen LogP contribution in [0.15, 0.2) is 78.0 Å². The lowest BCUT2D eigenvalue weighted by Crippen LogP contribution is -2.50. The number of hydrogen-bond acceptors (Lipinski definition) is 12. The number of benzene rings is 2. The van der Waals surface area contributed by atoms with Gasteiger partial charge in [0.1, 0.15) is 11.4 Å². The number of thioether (sulfide) groups is 1. The number of hydrogen-bond donors (Lipinski definition) is 3. The molecule has 3 heterocycles. The molecule has 1 fully saturated rings. The number of rotatable bonds is 19. The second-order valence-electron chi connectivity index (χ2n) is 11.7. The highest BCUT2D eigenvalue weighted by molar-refractivity contribution is 7.99. The Morgan fingerprint density at radius 3 is 2.49 bits per heavy atom. The van der Waals surface area contributed by atoms with Gasteiger partial charge in [0, 0.05) is 85.7 Å². The molecule has 14 nitrogen and oxygen atoms in total. The van der Waals surface area contributed by atoms with Gasteiger partial charge in [-0.15, -0.1) is 0 Å². The number of H-pyrrole nitrogens is 1. The van der Waals surface area contributed by atoms with Crippen LogP contribution in [0.3, 0.4) is 0 Å². The maximum Gasteiger partial charge on any atom is 0.279 e. The SMILES string of the molecule is COOSCCCOc1cc(NS(=O)(=O)c2ccccn2)c2[nH]c(C(=O)NCC(CN3CCN(S(C)(=O)=O)CC3)SCc3ccccc3)cc2c1. The lowest BCUT2D eigenvalue weighted by atomic mass is 10.2. The second kappa shape index (κ2) is 18.4. The minimum absolute atomic E-state index is 0.0107. The zero-order valence-corrected chi connectivity index (χ0v) is 31.6. The Morgan fingerprint density at radius 2 is 1.78 bits per heavy atom. The molecule has 1 amide bonds. The summed E-state index contributed by atoms with van der Waals surface area (Å²) >= 11 is 2.87. The van der Waals surface area contributed by atoms with Gasteiger partial charge in [-0.2, -0.15) is 28.8 Å². The number of aromatic nitrogens is 2. The van der Waals surface area contributed by atoms with E-state index in [1.54, 1.807) is 42.1 Å². The molecule has 0 saturated carbocycles. The first-order valence-corrected chi connectivity index (χ1v) is 21.5. The van der Waals surface area contributed by atoms with Gasteiger partial charge in [0.05, 0.1) is 31.2 Å². The van der Waals surface area contributed by atoms with Crippen LogP contribution < -0.4 is 14.8 Å². The molecule has 18 heteroatoms. The van der Waals surface area contributed by atoms with Crippen LogP contribution in [0.1, 0.15) is 22.5 Å². The first kappa shape index (κ1) is 38.9. The fraction of sp³-hybridized carbons (Fsp3) is 0.394. The Balaban J connectivity index is 1.31. The minimum atomic E-state index is -4.06. The highest BCUT2D eigenvalue weighted by atomic mass is 32.2. The van der Waals surface area contributed by atoms with Crippen molar-refractivity contribution in [2.75, 3.05) is 69.7 Å². The number of sulfonamides is 2. The van der Waals surface area contributed by atoms with E-state index in [-0.39, 0.29) is 27.6 Å². The largest absolute Gasteiger partial charge is 0.493 e. The average Bonchev–Trinajstić information content (AvgIpc) is 3.56. The predicted octanol–water partition coefficient (Wildman–Crippen LogP) is 3.97. The van der Waals surface area contributed by atoms with Crippen LogP contribution in [0.5, 0.6) is 5.75 Å². The monoisotopic (exact) mass is 778 g/mol. The summed E-state index contributed by atoms with van der Waals surface area (Å²) in [4.78, 5) is 27.5. The number of piperazine rings is 1. The number of aromatic amines is 1. The first-order chi connectivity index (χ1) is 24.5. The molecular weight excluding hydrogens is 737 g/mol. The van der Waals surface area contributed by atoms with E-state index in [1.165, 1.54) is 29.9 Å². The van der Waals surface area contributed by atoms with E-state index >= 15 is 0 Å². The number of nitrogens with one attached hydrogen (secondary N) is 3. The second-order valence-corrected chi connectivity index (χ2v) is 17.4. The van der Waals surface area contributed by atoms with E-state index < -0.39 is 20.0 Å². The van der Waals surface area contributed by atoms with Crippen LogP contribution in [0, 0.1) is 0 Å². The number of nitrogens with zero attached hydrogens (tertiary/aromatic N) is 3. The number of ether oxygens (including phenoxy) is 1. The Bertz CT molecular complexity index is 1940. The molecule has 0 aliphatic carbocycles. The summed E-state index contributed by atoms with van der Waals surface area (Å²) in [6.45, 7) is 3.42. The van der Waals surface area contributed by atoms with Gasteiger partial charge in [0.25, 0.3) is 15.9 Å².